The second-order valence-corrected chi connectivity index (χ2v) is 13.5. The number of fused-ring (bicyclic) bond motifs is 4. The Morgan fingerprint density at radius 2 is 1.70 bits per heavy atom. The molecule has 0 aromatic carbocycles. The van der Waals surface area contributed by atoms with Gasteiger partial charge in [0.2, 0.25) is 0 Å². The van der Waals surface area contributed by atoms with Gasteiger partial charge in [0, 0.05) is 41.1 Å². The molecule has 4 aliphatic rings. The van der Waals surface area contributed by atoms with Crippen molar-refractivity contribution in [2.45, 2.75) is 99.2 Å². The van der Waals surface area contributed by atoms with Gasteiger partial charge in [0.1, 0.15) is 5.78 Å². The van der Waals surface area contributed by atoms with Crippen molar-refractivity contribution in [3.8, 4) is 0 Å². The van der Waals surface area contributed by atoms with Gasteiger partial charge < -0.3 is 15.3 Å². The summed E-state index contributed by atoms with van der Waals surface area (Å²) in [6.45, 7) is 13.1. The van der Waals surface area contributed by atoms with E-state index in [1.165, 1.54) is 13.0 Å². The number of carboxylic acid groups (broad SMARTS) is 1. The van der Waals surface area contributed by atoms with Crippen molar-refractivity contribution in [3.05, 3.63) is 22.8 Å². The van der Waals surface area contributed by atoms with Gasteiger partial charge in [-0.15, -0.1) is 0 Å². The Morgan fingerprint density at radius 3 is 2.30 bits per heavy atom. The molecular formula is C30H42O7. The summed E-state index contributed by atoms with van der Waals surface area (Å²) >= 11 is 0. The van der Waals surface area contributed by atoms with Gasteiger partial charge in [0.05, 0.1) is 18.1 Å². The van der Waals surface area contributed by atoms with Gasteiger partial charge in [0.15, 0.2) is 11.6 Å². The van der Waals surface area contributed by atoms with Gasteiger partial charge in [-0.05, 0) is 55.1 Å². The van der Waals surface area contributed by atoms with Crippen molar-refractivity contribution in [2.75, 3.05) is 0 Å². The summed E-state index contributed by atoms with van der Waals surface area (Å²) in [4.78, 5) is 50.7. The number of allylic oxidation sites excluding steroid dienone is 3. The first-order valence-electron chi connectivity index (χ1n) is 13.5. The molecule has 0 radical (unpaired) electrons. The van der Waals surface area contributed by atoms with Gasteiger partial charge in [-0.25, -0.2) is 0 Å². The summed E-state index contributed by atoms with van der Waals surface area (Å²) in [5, 5.41) is 32.4. The Balaban J connectivity index is 1.80. The number of rotatable bonds is 5. The zero-order chi connectivity index (χ0) is 27.9. The third-order valence-corrected chi connectivity index (χ3v) is 11.2. The molecule has 37 heavy (non-hydrogen) atoms. The van der Waals surface area contributed by atoms with Crippen LogP contribution in [-0.4, -0.2) is 50.8 Å². The first-order chi connectivity index (χ1) is 16.9. The molecule has 204 valence electrons. The fourth-order valence-corrected chi connectivity index (χ4v) is 8.77. The fourth-order valence-electron chi connectivity index (χ4n) is 8.77. The van der Waals surface area contributed by atoms with E-state index in [4.69, 9.17) is 5.11 Å². The molecule has 0 amide bonds. The number of hydrogen-bond donors (Lipinski definition) is 3. The lowest BCUT2D eigenvalue weighted by atomic mass is 9.42. The van der Waals surface area contributed by atoms with E-state index in [9.17, 15) is 29.4 Å². The average Bonchev–Trinajstić information content (AvgIpc) is 2.99. The quantitative estimate of drug-likeness (QED) is 0.472. The smallest absolute Gasteiger partial charge is 0.306 e. The number of aliphatic carboxylic acids is 1. The average molecular weight is 515 g/mol. The third kappa shape index (κ3) is 3.75. The Kier molecular flexibility index (Phi) is 6.56. The van der Waals surface area contributed by atoms with E-state index in [0.29, 0.717) is 36.8 Å². The Hall–Kier alpha value is -2.12. The first kappa shape index (κ1) is 27.9. The van der Waals surface area contributed by atoms with Gasteiger partial charge in [-0.3, -0.25) is 19.2 Å². The zero-order valence-electron chi connectivity index (χ0n) is 23.2. The Bertz CT molecular complexity index is 1130. The molecule has 0 unspecified atom stereocenters. The number of carbonyl (C=O) groups is 4. The van der Waals surface area contributed by atoms with Crippen LogP contribution in [0.15, 0.2) is 22.8 Å². The van der Waals surface area contributed by atoms with Crippen molar-refractivity contribution < 1.29 is 34.5 Å². The van der Waals surface area contributed by atoms with Crippen LogP contribution in [0.1, 0.15) is 87.0 Å². The number of hydrogen-bond acceptors (Lipinski definition) is 6. The van der Waals surface area contributed by atoms with E-state index < -0.39 is 45.8 Å². The van der Waals surface area contributed by atoms with Crippen molar-refractivity contribution in [2.24, 2.45) is 39.4 Å². The van der Waals surface area contributed by atoms with Crippen molar-refractivity contribution in [3.63, 3.8) is 0 Å². The summed E-state index contributed by atoms with van der Waals surface area (Å²) < 4.78 is 0. The van der Waals surface area contributed by atoms with Crippen LogP contribution in [0.25, 0.3) is 0 Å². The molecule has 0 aliphatic heterocycles. The van der Waals surface area contributed by atoms with E-state index in [1.54, 1.807) is 0 Å². The molecule has 2 saturated carbocycles. The van der Waals surface area contributed by atoms with Crippen LogP contribution in [-0.2, 0) is 19.2 Å². The minimum atomic E-state index is -1.03. The molecule has 0 saturated heterocycles. The second-order valence-electron chi connectivity index (χ2n) is 13.5. The molecule has 0 heterocycles. The van der Waals surface area contributed by atoms with E-state index in [-0.39, 0.29) is 42.0 Å². The van der Waals surface area contributed by atoms with Crippen molar-refractivity contribution >= 4 is 23.3 Å². The van der Waals surface area contributed by atoms with Gasteiger partial charge in [-0.1, -0.05) is 47.1 Å². The van der Waals surface area contributed by atoms with E-state index in [1.807, 2.05) is 34.6 Å². The number of carbonyl (C=O) groups excluding carboxylic acids is 3. The molecule has 4 aliphatic carbocycles. The van der Waals surface area contributed by atoms with Gasteiger partial charge in [0.25, 0.3) is 0 Å². The highest BCUT2D eigenvalue weighted by Crippen LogP contribution is 2.71. The number of Topliss-reactive ketones (excluding diaryl/α,β-unsaturated/α-hetero) is 2. The summed E-state index contributed by atoms with van der Waals surface area (Å²) in [5.74, 6) is -2.44. The van der Waals surface area contributed by atoms with Crippen LogP contribution in [0.5, 0.6) is 0 Å². The van der Waals surface area contributed by atoms with Crippen molar-refractivity contribution in [1.82, 2.24) is 0 Å². The van der Waals surface area contributed by atoms with E-state index in [0.717, 1.165) is 5.57 Å². The molecule has 2 fully saturated rings. The van der Waals surface area contributed by atoms with Crippen LogP contribution in [0.2, 0.25) is 0 Å². The second kappa shape index (κ2) is 8.70. The van der Waals surface area contributed by atoms with Crippen LogP contribution in [0, 0.1) is 39.4 Å². The Morgan fingerprint density at radius 1 is 1.08 bits per heavy atom. The molecule has 7 nitrogen and oxygen atoms in total. The SMILES string of the molecule is C/C(=C/C(=O)C[C@H](C)C(=O)O)[C@@H]1C[C@H](O)[C@]2(C)C3=C(C(=O)C[C@]12C)[C@]1(C)CCC(=O)C(C)(C)[C@@H]1C[C@H]3O. The lowest BCUT2D eigenvalue weighted by Crippen LogP contribution is -2.60. The maximum absolute atomic E-state index is 14.0. The molecule has 0 aromatic rings. The number of ketones is 3. The summed E-state index contributed by atoms with van der Waals surface area (Å²) in [6.07, 6.45) is 1.42. The summed E-state index contributed by atoms with van der Waals surface area (Å²) in [5.41, 5.74) is -0.855. The Labute approximate surface area is 219 Å². The minimum Gasteiger partial charge on any atom is -0.481 e. The van der Waals surface area contributed by atoms with Crippen molar-refractivity contribution in [1.29, 1.82) is 0 Å². The molecule has 0 bridgehead atoms. The summed E-state index contributed by atoms with van der Waals surface area (Å²) in [6, 6.07) is 0. The maximum atomic E-state index is 14.0. The topological polar surface area (TPSA) is 129 Å². The lowest BCUT2D eigenvalue weighted by Gasteiger charge is -2.61. The van der Waals surface area contributed by atoms with Crippen LogP contribution in [0.4, 0.5) is 0 Å². The number of carboxylic acids is 1. The lowest BCUT2D eigenvalue weighted by molar-refractivity contribution is -0.145. The molecule has 7 heteroatoms. The van der Waals surface area contributed by atoms with Crippen LogP contribution < -0.4 is 0 Å². The van der Waals surface area contributed by atoms with Crippen LogP contribution in [0.3, 0.4) is 0 Å². The zero-order valence-corrected chi connectivity index (χ0v) is 23.2. The third-order valence-electron chi connectivity index (χ3n) is 11.2. The normalized spacial score (nSPS) is 42.1. The highest BCUT2D eigenvalue weighted by molar-refractivity contribution is 6.01. The van der Waals surface area contributed by atoms with Gasteiger partial charge >= 0.3 is 5.97 Å². The van der Waals surface area contributed by atoms with Crippen LogP contribution >= 0.6 is 0 Å². The molecule has 0 spiro atoms. The monoisotopic (exact) mass is 514 g/mol. The predicted octanol–water partition coefficient (Wildman–Crippen LogP) is 4.05. The minimum absolute atomic E-state index is 0.0379. The predicted molar refractivity (Wildman–Crippen MR) is 137 cm³/mol. The largest absolute Gasteiger partial charge is 0.481 e. The van der Waals surface area contributed by atoms with Gasteiger partial charge in [-0.2, -0.15) is 0 Å². The van der Waals surface area contributed by atoms with E-state index >= 15 is 0 Å². The molecular weight excluding hydrogens is 472 g/mol. The standard InChI is InChI=1S/C30H42O7/c1-15(10-17(31)11-16(2)26(36)37)18-12-23(35)30(7)25-19(32)13-21-27(3,4)22(34)8-9-28(21,5)24(25)20(33)14-29(18,30)6/h10,16,18-19,21,23,32,35H,8-9,11-14H2,1-7H3,(H,36,37)/b15-10-/t16-,18-,19+,21-,23-,28+,29+,30+/m0/s1. The fraction of sp³-hybridized carbons (Fsp3) is 0.733. The molecule has 8 atom stereocenters. The molecule has 4 rings (SSSR count). The summed E-state index contributed by atoms with van der Waals surface area (Å²) in [7, 11) is 0. The first-order valence-corrected chi connectivity index (χ1v) is 13.5. The molecule has 3 N–H and O–H groups in total. The molecule has 0 aromatic heterocycles. The number of aliphatic hydroxyl groups excluding tert-OH is 2. The maximum Gasteiger partial charge on any atom is 0.306 e. The highest BCUT2D eigenvalue weighted by atomic mass is 16.4. The number of aliphatic hydroxyl groups is 2. The highest BCUT2D eigenvalue weighted by Gasteiger charge is 2.69. The van der Waals surface area contributed by atoms with E-state index in [2.05, 4.69) is 6.92 Å².